The Kier molecular flexibility index (Phi) is 5.70. The highest BCUT2D eigenvalue weighted by Gasteiger charge is 2.51. The molecule has 2 amide bonds. The molecule has 1 saturated carbocycles. The second-order valence-electron chi connectivity index (χ2n) is 7.59. The molecule has 0 aliphatic heterocycles. The topological polar surface area (TPSA) is 89.5 Å². The van der Waals surface area contributed by atoms with Gasteiger partial charge in [-0.25, -0.2) is 0 Å². The van der Waals surface area contributed by atoms with Crippen LogP contribution in [0.3, 0.4) is 0 Å². The molecule has 4 atom stereocenters. The Bertz CT molecular complexity index is 960. The normalized spacial score (nSPS) is 23.8. The van der Waals surface area contributed by atoms with Crippen LogP contribution in [-0.4, -0.2) is 31.0 Å². The van der Waals surface area contributed by atoms with Crippen LogP contribution in [0, 0.1) is 23.7 Å². The minimum absolute atomic E-state index is 0.0530. The molecule has 156 valence electrons. The Balaban J connectivity index is 1.50. The Morgan fingerprint density at radius 2 is 1.80 bits per heavy atom. The van der Waals surface area contributed by atoms with Crippen molar-refractivity contribution >= 4 is 17.5 Å². The molecule has 2 bridgehead atoms. The molecule has 7 heteroatoms. The summed E-state index contributed by atoms with van der Waals surface area (Å²) < 4.78 is 10.6. The fraction of sp³-hybridized carbons (Fsp3) is 0.348. The average molecular weight is 407 g/mol. The van der Waals surface area contributed by atoms with E-state index in [-0.39, 0.29) is 23.7 Å². The quantitative estimate of drug-likeness (QED) is 0.689. The van der Waals surface area contributed by atoms with E-state index in [0.717, 1.165) is 12.1 Å². The zero-order chi connectivity index (χ0) is 21.1. The number of hydrogen-bond acceptors (Lipinski definition) is 5. The molecule has 2 aliphatic carbocycles. The van der Waals surface area contributed by atoms with Crippen molar-refractivity contribution in [1.29, 1.82) is 0 Å². The maximum Gasteiger partial charge on any atom is 0.229 e. The van der Waals surface area contributed by atoms with E-state index in [9.17, 15) is 9.59 Å². The van der Waals surface area contributed by atoms with E-state index in [1.165, 1.54) is 0 Å². The van der Waals surface area contributed by atoms with E-state index in [1.54, 1.807) is 38.6 Å². The van der Waals surface area contributed by atoms with Crippen molar-refractivity contribution in [2.24, 2.45) is 23.7 Å². The fourth-order valence-electron chi connectivity index (χ4n) is 4.46. The maximum atomic E-state index is 13.2. The molecular weight excluding hydrogens is 382 g/mol. The molecular formula is C23H25N3O4. The number of aromatic nitrogens is 1. The lowest BCUT2D eigenvalue weighted by Gasteiger charge is -2.26. The number of benzene rings is 1. The molecule has 2 N–H and O–H groups in total. The molecule has 4 rings (SSSR count). The third-order valence-electron chi connectivity index (χ3n) is 5.90. The Morgan fingerprint density at radius 3 is 2.47 bits per heavy atom. The molecule has 2 aliphatic rings. The SMILES string of the molecule is COc1ccc(OC)c(NC(=O)[C@H]2[C@H](C(=O)NCc3ccccn3)[C@@H]3C=C[C@H]2C3)c1. The number of carbonyl (C=O) groups is 2. The number of methoxy groups -OCH3 is 2. The lowest BCUT2D eigenvalue weighted by Crippen LogP contribution is -2.41. The van der Waals surface area contributed by atoms with Gasteiger partial charge in [0, 0.05) is 12.3 Å². The first kappa shape index (κ1) is 19.9. The predicted molar refractivity (Wildman–Crippen MR) is 112 cm³/mol. The van der Waals surface area contributed by atoms with E-state index in [0.29, 0.717) is 23.7 Å². The highest BCUT2D eigenvalue weighted by atomic mass is 16.5. The zero-order valence-corrected chi connectivity index (χ0v) is 17.0. The minimum Gasteiger partial charge on any atom is -0.497 e. The van der Waals surface area contributed by atoms with Crippen LogP contribution < -0.4 is 20.1 Å². The lowest BCUT2D eigenvalue weighted by molar-refractivity contribution is -0.133. The smallest absolute Gasteiger partial charge is 0.229 e. The summed E-state index contributed by atoms with van der Waals surface area (Å²) >= 11 is 0. The van der Waals surface area contributed by atoms with Crippen LogP contribution in [0.1, 0.15) is 12.1 Å². The molecule has 2 aromatic rings. The van der Waals surface area contributed by atoms with Crippen LogP contribution in [0.15, 0.2) is 54.7 Å². The van der Waals surface area contributed by atoms with Crippen LogP contribution in [0.25, 0.3) is 0 Å². The van der Waals surface area contributed by atoms with Crippen LogP contribution in [-0.2, 0) is 16.1 Å². The van der Waals surface area contributed by atoms with E-state index >= 15 is 0 Å². The average Bonchev–Trinajstić information content (AvgIpc) is 3.40. The summed E-state index contributed by atoms with van der Waals surface area (Å²) in [6, 6.07) is 10.8. The van der Waals surface area contributed by atoms with Gasteiger partial charge in [0.1, 0.15) is 11.5 Å². The molecule has 0 unspecified atom stereocenters. The summed E-state index contributed by atoms with van der Waals surface area (Å²) in [5.41, 5.74) is 1.31. The molecule has 1 aromatic heterocycles. The van der Waals surface area contributed by atoms with Gasteiger partial charge in [-0.1, -0.05) is 18.2 Å². The molecule has 30 heavy (non-hydrogen) atoms. The molecule has 0 spiro atoms. The second kappa shape index (κ2) is 8.57. The number of ether oxygens (including phenoxy) is 2. The number of anilines is 1. The van der Waals surface area contributed by atoms with Crippen molar-refractivity contribution in [2.45, 2.75) is 13.0 Å². The Hall–Kier alpha value is -3.35. The van der Waals surface area contributed by atoms with Crippen molar-refractivity contribution in [1.82, 2.24) is 10.3 Å². The summed E-state index contributed by atoms with van der Waals surface area (Å²) in [6.07, 6.45) is 6.63. The summed E-state index contributed by atoms with van der Waals surface area (Å²) in [4.78, 5) is 30.5. The third-order valence-corrected chi connectivity index (χ3v) is 5.90. The first-order valence-electron chi connectivity index (χ1n) is 9.99. The van der Waals surface area contributed by atoms with E-state index in [4.69, 9.17) is 9.47 Å². The van der Waals surface area contributed by atoms with E-state index in [1.807, 2.05) is 18.2 Å². The monoisotopic (exact) mass is 407 g/mol. The number of rotatable bonds is 7. The Labute approximate surface area is 175 Å². The summed E-state index contributed by atoms with van der Waals surface area (Å²) in [5, 5.41) is 5.91. The lowest BCUT2D eigenvalue weighted by atomic mass is 9.81. The molecule has 7 nitrogen and oxygen atoms in total. The van der Waals surface area contributed by atoms with Gasteiger partial charge >= 0.3 is 0 Å². The number of allylic oxidation sites excluding steroid dienone is 2. The largest absolute Gasteiger partial charge is 0.497 e. The van der Waals surface area contributed by atoms with Crippen LogP contribution in [0.4, 0.5) is 5.69 Å². The van der Waals surface area contributed by atoms with Crippen molar-refractivity contribution in [3.8, 4) is 11.5 Å². The van der Waals surface area contributed by atoms with Crippen LogP contribution in [0.2, 0.25) is 0 Å². The van der Waals surface area contributed by atoms with Crippen molar-refractivity contribution in [3.05, 3.63) is 60.4 Å². The number of hydrogen-bond donors (Lipinski definition) is 2. The third kappa shape index (κ3) is 3.87. The van der Waals surface area contributed by atoms with Gasteiger partial charge in [0.25, 0.3) is 0 Å². The van der Waals surface area contributed by atoms with Crippen molar-refractivity contribution in [3.63, 3.8) is 0 Å². The van der Waals surface area contributed by atoms with Crippen molar-refractivity contribution in [2.75, 3.05) is 19.5 Å². The molecule has 1 fully saturated rings. The number of nitrogens with zero attached hydrogens (tertiary/aromatic N) is 1. The van der Waals surface area contributed by atoms with Crippen LogP contribution in [0.5, 0.6) is 11.5 Å². The van der Waals surface area contributed by atoms with Gasteiger partial charge in [0.15, 0.2) is 0 Å². The molecule has 1 heterocycles. The van der Waals surface area contributed by atoms with Gasteiger partial charge < -0.3 is 20.1 Å². The fourth-order valence-corrected chi connectivity index (χ4v) is 4.46. The first-order valence-corrected chi connectivity index (χ1v) is 9.99. The molecule has 0 radical (unpaired) electrons. The number of fused-ring (bicyclic) bond motifs is 2. The van der Waals surface area contributed by atoms with Crippen LogP contribution >= 0.6 is 0 Å². The van der Waals surface area contributed by atoms with E-state index in [2.05, 4.69) is 27.8 Å². The highest BCUT2D eigenvalue weighted by Crippen LogP contribution is 2.48. The summed E-state index contributed by atoms with van der Waals surface area (Å²) in [5.74, 6) is 0.146. The van der Waals surface area contributed by atoms with Gasteiger partial charge in [-0.3, -0.25) is 14.6 Å². The summed E-state index contributed by atoms with van der Waals surface area (Å²) in [7, 11) is 3.11. The van der Waals surface area contributed by atoms with Gasteiger partial charge in [-0.15, -0.1) is 0 Å². The minimum atomic E-state index is -0.431. The first-order chi connectivity index (χ1) is 14.6. The molecule has 0 saturated heterocycles. The number of pyridine rings is 1. The second-order valence-corrected chi connectivity index (χ2v) is 7.59. The molecule has 1 aromatic carbocycles. The summed E-state index contributed by atoms with van der Waals surface area (Å²) in [6.45, 7) is 0.343. The van der Waals surface area contributed by atoms with Gasteiger partial charge in [0.05, 0.1) is 44.0 Å². The maximum absolute atomic E-state index is 13.2. The number of carbonyl (C=O) groups excluding carboxylic acids is 2. The van der Waals surface area contributed by atoms with Gasteiger partial charge in [0.2, 0.25) is 11.8 Å². The van der Waals surface area contributed by atoms with Gasteiger partial charge in [-0.2, -0.15) is 0 Å². The standard InChI is InChI=1S/C23H25N3O4/c1-29-17-8-9-19(30-2)18(12-17)26-23(28)21-15-7-6-14(11-15)20(21)22(27)25-13-16-5-3-4-10-24-16/h3-10,12,14-15,20-21H,11,13H2,1-2H3,(H,25,27)(H,26,28)/t14-,15+,20-,21-/m1/s1. The number of nitrogens with one attached hydrogen (secondary N) is 2. The van der Waals surface area contributed by atoms with Crippen molar-refractivity contribution < 1.29 is 19.1 Å². The number of amides is 2. The van der Waals surface area contributed by atoms with Gasteiger partial charge in [-0.05, 0) is 42.5 Å². The highest BCUT2D eigenvalue weighted by molar-refractivity contribution is 5.98. The Morgan fingerprint density at radius 1 is 1.03 bits per heavy atom. The predicted octanol–water partition coefficient (Wildman–Crippen LogP) is 2.79. The van der Waals surface area contributed by atoms with E-state index < -0.39 is 11.8 Å². The zero-order valence-electron chi connectivity index (χ0n) is 17.0.